The van der Waals surface area contributed by atoms with E-state index >= 15 is 0 Å². The van der Waals surface area contributed by atoms with Gasteiger partial charge in [-0.1, -0.05) is 38.1 Å². The first-order valence-electron chi connectivity index (χ1n) is 8.20. The van der Waals surface area contributed by atoms with Crippen molar-refractivity contribution in [3.63, 3.8) is 0 Å². The minimum absolute atomic E-state index is 0.739. The van der Waals surface area contributed by atoms with Crippen LogP contribution in [0.1, 0.15) is 25.0 Å². The van der Waals surface area contributed by atoms with Crippen LogP contribution >= 0.6 is 0 Å². The van der Waals surface area contributed by atoms with Crippen molar-refractivity contribution in [3.8, 4) is 0 Å². The Hall–Kier alpha value is -0.940. The Morgan fingerprint density at radius 2 is 1.33 bits per heavy atom. The number of hydrogen-bond acceptors (Lipinski definition) is 3. The average molecular weight is 287 g/mol. The van der Waals surface area contributed by atoms with Crippen LogP contribution in [0.15, 0.2) is 24.3 Å². The summed E-state index contributed by atoms with van der Waals surface area (Å²) in [6.45, 7) is 12.9. The van der Waals surface area contributed by atoms with Gasteiger partial charge >= 0.3 is 0 Å². The quantitative estimate of drug-likeness (QED) is 0.783. The van der Waals surface area contributed by atoms with Crippen molar-refractivity contribution in [1.29, 1.82) is 0 Å². The molecule has 4 heteroatoms. The van der Waals surface area contributed by atoms with Gasteiger partial charge in [-0.3, -0.25) is 4.48 Å². The SMILES string of the molecule is CC(C)Cc1ccc(C[N+]23CN4CN(CN(C4)C2)C3)cc1. The van der Waals surface area contributed by atoms with Crippen LogP contribution in [-0.4, -0.2) is 59.2 Å². The van der Waals surface area contributed by atoms with Gasteiger partial charge in [0.15, 0.2) is 0 Å². The third kappa shape index (κ3) is 2.73. The predicted octanol–water partition coefficient (Wildman–Crippen LogP) is 1.89. The van der Waals surface area contributed by atoms with Gasteiger partial charge in [-0.15, -0.1) is 0 Å². The largest absolute Gasteiger partial charge is 0.282 e. The lowest BCUT2D eigenvalue weighted by Gasteiger charge is -2.60. The summed E-state index contributed by atoms with van der Waals surface area (Å²) in [7, 11) is 0. The molecule has 4 bridgehead atoms. The normalized spacial score (nSPS) is 37.4. The first-order valence-corrected chi connectivity index (χ1v) is 8.20. The van der Waals surface area contributed by atoms with Crippen LogP contribution in [0.3, 0.4) is 0 Å². The number of quaternary nitrogens is 1. The molecule has 1 aromatic carbocycles. The van der Waals surface area contributed by atoms with Crippen molar-refractivity contribution in [1.82, 2.24) is 14.7 Å². The van der Waals surface area contributed by atoms with Crippen LogP contribution in [0.25, 0.3) is 0 Å². The molecule has 0 saturated carbocycles. The number of hydrogen-bond donors (Lipinski definition) is 0. The third-order valence-corrected chi connectivity index (χ3v) is 4.88. The molecular weight excluding hydrogens is 260 g/mol. The predicted molar refractivity (Wildman–Crippen MR) is 83.7 cm³/mol. The smallest absolute Gasteiger partial charge is 0.139 e. The fourth-order valence-corrected chi connectivity index (χ4v) is 4.45. The lowest BCUT2D eigenvalue weighted by molar-refractivity contribution is -0.991. The zero-order valence-corrected chi connectivity index (χ0v) is 13.3. The molecule has 0 aromatic heterocycles. The fraction of sp³-hybridized carbons (Fsp3) is 0.647. The molecule has 0 unspecified atom stereocenters. The number of rotatable bonds is 4. The first kappa shape index (κ1) is 13.7. The van der Waals surface area contributed by atoms with Gasteiger partial charge in [0.2, 0.25) is 0 Å². The molecule has 1 aromatic rings. The highest BCUT2D eigenvalue weighted by Gasteiger charge is 2.48. The van der Waals surface area contributed by atoms with E-state index in [0.717, 1.165) is 5.92 Å². The van der Waals surface area contributed by atoms with E-state index < -0.39 is 0 Å². The molecule has 0 atom stereocenters. The zero-order chi connectivity index (χ0) is 14.4. The molecule has 4 aliphatic rings. The molecule has 0 aliphatic carbocycles. The second kappa shape index (κ2) is 5.06. The van der Waals surface area contributed by atoms with Gasteiger partial charge in [-0.25, -0.2) is 14.7 Å². The Morgan fingerprint density at radius 1 is 0.857 bits per heavy atom. The van der Waals surface area contributed by atoms with Crippen LogP contribution in [0.4, 0.5) is 0 Å². The van der Waals surface area contributed by atoms with Gasteiger partial charge in [0.25, 0.3) is 0 Å². The average Bonchev–Trinajstić information content (AvgIpc) is 2.38. The topological polar surface area (TPSA) is 9.72 Å². The summed E-state index contributed by atoms with van der Waals surface area (Å²) < 4.78 is 1.20. The Kier molecular flexibility index (Phi) is 3.30. The minimum atomic E-state index is 0.739. The molecule has 5 rings (SSSR count). The Bertz CT molecular complexity index is 473. The van der Waals surface area contributed by atoms with Gasteiger partial charge in [0, 0.05) is 5.56 Å². The van der Waals surface area contributed by atoms with E-state index in [1.807, 2.05) is 0 Å². The van der Waals surface area contributed by atoms with Crippen LogP contribution in [-0.2, 0) is 13.0 Å². The number of benzene rings is 1. The summed E-state index contributed by atoms with van der Waals surface area (Å²) in [4.78, 5) is 7.76. The molecule has 21 heavy (non-hydrogen) atoms. The van der Waals surface area contributed by atoms with E-state index in [1.54, 1.807) is 0 Å². The Labute approximate surface area is 128 Å². The summed E-state index contributed by atoms with van der Waals surface area (Å²) in [6, 6.07) is 9.38. The molecular formula is C17H27N4+. The summed E-state index contributed by atoms with van der Waals surface area (Å²) in [6.07, 6.45) is 1.19. The molecule has 4 fully saturated rings. The van der Waals surface area contributed by atoms with Crippen molar-refractivity contribution < 1.29 is 4.48 Å². The maximum Gasteiger partial charge on any atom is 0.139 e. The maximum absolute atomic E-state index is 2.59. The standard InChI is InChI=1S/C17H27N4/c1-15(2)7-16-3-5-17(6-4-16)8-21-12-18-9-19(13-21)11-20(10-18)14-21/h3-6,15H,7-14H2,1-2H3/q+1. The zero-order valence-electron chi connectivity index (χ0n) is 13.3. The monoisotopic (exact) mass is 287 g/mol. The summed E-state index contributed by atoms with van der Waals surface area (Å²) in [5.41, 5.74) is 2.97. The fourth-order valence-electron chi connectivity index (χ4n) is 4.45. The van der Waals surface area contributed by atoms with Gasteiger partial charge in [0.1, 0.15) is 26.6 Å². The van der Waals surface area contributed by atoms with Crippen molar-refractivity contribution in [2.24, 2.45) is 5.92 Å². The molecule has 4 heterocycles. The van der Waals surface area contributed by atoms with Gasteiger partial charge in [-0.05, 0) is 17.9 Å². The van der Waals surface area contributed by atoms with E-state index in [-0.39, 0.29) is 0 Å². The van der Waals surface area contributed by atoms with Crippen molar-refractivity contribution in [2.45, 2.75) is 26.8 Å². The second-order valence-corrected chi connectivity index (χ2v) is 7.78. The van der Waals surface area contributed by atoms with E-state index in [9.17, 15) is 0 Å². The highest BCUT2D eigenvalue weighted by molar-refractivity contribution is 5.22. The van der Waals surface area contributed by atoms with Crippen molar-refractivity contribution in [2.75, 3.05) is 40.0 Å². The molecule has 0 spiro atoms. The Morgan fingerprint density at radius 3 is 1.81 bits per heavy atom. The van der Waals surface area contributed by atoms with Crippen LogP contribution < -0.4 is 0 Å². The number of nitrogens with zero attached hydrogens (tertiary/aromatic N) is 4. The minimum Gasteiger partial charge on any atom is -0.282 e. The van der Waals surface area contributed by atoms with E-state index in [0.29, 0.717) is 0 Å². The van der Waals surface area contributed by atoms with Crippen molar-refractivity contribution >= 4 is 0 Å². The van der Waals surface area contributed by atoms with E-state index in [4.69, 9.17) is 0 Å². The molecule has 4 nitrogen and oxygen atoms in total. The first-order chi connectivity index (χ1) is 10.1. The molecule has 4 aliphatic heterocycles. The van der Waals surface area contributed by atoms with Gasteiger partial charge in [-0.2, -0.15) is 0 Å². The van der Waals surface area contributed by atoms with Crippen LogP contribution in [0.2, 0.25) is 0 Å². The van der Waals surface area contributed by atoms with Gasteiger partial charge in [0.05, 0.1) is 20.0 Å². The second-order valence-electron chi connectivity index (χ2n) is 7.78. The van der Waals surface area contributed by atoms with Crippen molar-refractivity contribution in [3.05, 3.63) is 35.4 Å². The molecule has 114 valence electrons. The molecule has 0 radical (unpaired) electrons. The molecule has 0 amide bonds. The van der Waals surface area contributed by atoms with Crippen LogP contribution in [0, 0.1) is 5.92 Å². The highest BCUT2D eigenvalue weighted by Crippen LogP contribution is 2.30. The maximum atomic E-state index is 2.59. The lowest BCUT2D eigenvalue weighted by atomic mass is 10.0. The summed E-state index contributed by atoms with van der Waals surface area (Å²) in [5.74, 6) is 0.739. The molecule has 4 saturated heterocycles. The Balaban J connectivity index is 1.48. The van der Waals surface area contributed by atoms with E-state index in [1.165, 1.54) is 68.6 Å². The van der Waals surface area contributed by atoms with Gasteiger partial charge < -0.3 is 0 Å². The third-order valence-electron chi connectivity index (χ3n) is 4.88. The van der Waals surface area contributed by atoms with Crippen LogP contribution in [0.5, 0.6) is 0 Å². The summed E-state index contributed by atoms with van der Waals surface area (Å²) in [5, 5.41) is 0. The summed E-state index contributed by atoms with van der Waals surface area (Å²) >= 11 is 0. The highest BCUT2D eigenvalue weighted by atomic mass is 15.7. The molecule has 0 N–H and O–H groups in total. The van der Waals surface area contributed by atoms with E-state index in [2.05, 4.69) is 52.8 Å². The lowest BCUT2D eigenvalue weighted by Crippen LogP contribution is -2.78.